The van der Waals surface area contributed by atoms with Gasteiger partial charge >= 0.3 is 11.9 Å². The molecule has 6 nitrogen and oxygen atoms in total. The first-order chi connectivity index (χ1) is 16.1. The van der Waals surface area contributed by atoms with E-state index in [1.54, 1.807) is 30.4 Å². The predicted octanol–water partition coefficient (Wildman–Crippen LogP) is 4.85. The largest absolute Gasteiger partial charge is 0.462 e. The molecule has 0 aliphatic carbocycles. The summed E-state index contributed by atoms with van der Waals surface area (Å²) < 4.78 is 12.3. The Hall–Kier alpha value is -2.90. The first-order valence-corrected chi connectivity index (χ1v) is 12.4. The maximum absolute atomic E-state index is 13.2. The topological polar surface area (TPSA) is 59.1 Å². The van der Waals surface area contributed by atoms with Crippen LogP contribution >= 0.6 is 11.3 Å². The molecule has 1 atom stereocenters. The molecule has 0 saturated carbocycles. The molecule has 3 saturated heterocycles. The average molecular weight is 465 g/mol. The molecule has 0 amide bonds. The highest BCUT2D eigenvalue weighted by Crippen LogP contribution is 2.37. The molecule has 0 N–H and O–H groups in total. The van der Waals surface area contributed by atoms with Crippen molar-refractivity contribution in [3.63, 3.8) is 0 Å². The van der Waals surface area contributed by atoms with E-state index >= 15 is 0 Å². The summed E-state index contributed by atoms with van der Waals surface area (Å²) in [6, 6.07) is 15.4. The van der Waals surface area contributed by atoms with Gasteiger partial charge in [0.1, 0.15) is 12.6 Å². The van der Waals surface area contributed by atoms with Crippen LogP contribution in [0.15, 0.2) is 53.9 Å². The minimum absolute atomic E-state index is 0.0352. The Balaban J connectivity index is 1.44. The van der Waals surface area contributed by atoms with Gasteiger partial charge in [-0.2, -0.15) is 0 Å². The SMILES string of the molecule is CCOC(=O)c1cccc(N(CC(=O)O[C@H]2CN3CCC2CC3)c2csc3ccccc23)c1. The number of ether oxygens (including phenoxy) is 2. The number of anilines is 2. The Morgan fingerprint density at radius 3 is 2.70 bits per heavy atom. The number of carbonyl (C=O) groups excluding carboxylic acids is 2. The number of rotatable bonds is 7. The van der Waals surface area contributed by atoms with Crippen LogP contribution in [0.1, 0.15) is 30.1 Å². The van der Waals surface area contributed by atoms with Crippen molar-refractivity contribution in [2.24, 2.45) is 5.92 Å². The molecule has 0 unspecified atom stereocenters. The summed E-state index contributed by atoms with van der Waals surface area (Å²) >= 11 is 1.64. The van der Waals surface area contributed by atoms with Crippen LogP contribution in [-0.4, -0.2) is 55.7 Å². The van der Waals surface area contributed by atoms with Crippen molar-refractivity contribution < 1.29 is 19.1 Å². The summed E-state index contributed by atoms with van der Waals surface area (Å²) in [7, 11) is 0. The number of thiophene rings is 1. The van der Waals surface area contributed by atoms with E-state index in [4.69, 9.17) is 9.47 Å². The normalized spacial score (nSPS) is 21.7. The molecular weight excluding hydrogens is 436 g/mol. The third-order valence-corrected chi connectivity index (χ3v) is 7.54. The molecule has 7 heteroatoms. The molecule has 172 valence electrons. The van der Waals surface area contributed by atoms with Crippen molar-refractivity contribution in [2.45, 2.75) is 25.9 Å². The first kappa shape index (κ1) is 21.9. The summed E-state index contributed by atoms with van der Waals surface area (Å²) in [6.07, 6.45) is 2.16. The predicted molar refractivity (Wildman–Crippen MR) is 130 cm³/mol. The van der Waals surface area contributed by atoms with Crippen LogP contribution in [0.4, 0.5) is 11.4 Å². The van der Waals surface area contributed by atoms with Gasteiger partial charge < -0.3 is 14.4 Å². The van der Waals surface area contributed by atoms with Gasteiger partial charge in [-0.05, 0) is 63.0 Å². The molecule has 3 aliphatic heterocycles. The number of nitrogens with zero attached hydrogens (tertiary/aromatic N) is 2. The molecule has 0 radical (unpaired) electrons. The van der Waals surface area contributed by atoms with Crippen molar-refractivity contribution >= 4 is 44.7 Å². The Bertz CT molecular complexity index is 1150. The van der Waals surface area contributed by atoms with Crippen molar-refractivity contribution in [3.05, 3.63) is 59.5 Å². The van der Waals surface area contributed by atoms with Gasteiger partial charge in [0.05, 0.1) is 17.9 Å². The fourth-order valence-electron chi connectivity index (χ4n) is 4.88. The lowest BCUT2D eigenvalue weighted by Crippen LogP contribution is -2.52. The van der Waals surface area contributed by atoms with Gasteiger partial charge in [0.15, 0.2) is 0 Å². The van der Waals surface area contributed by atoms with Crippen LogP contribution in [0.5, 0.6) is 0 Å². The quantitative estimate of drug-likeness (QED) is 0.466. The van der Waals surface area contributed by atoms with Gasteiger partial charge in [-0.3, -0.25) is 9.69 Å². The second kappa shape index (κ2) is 9.53. The molecule has 33 heavy (non-hydrogen) atoms. The fourth-order valence-corrected chi connectivity index (χ4v) is 5.83. The second-order valence-electron chi connectivity index (χ2n) is 8.64. The zero-order valence-corrected chi connectivity index (χ0v) is 19.6. The first-order valence-electron chi connectivity index (χ1n) is 11.5. The maximum atomic E-state index is 13.2. The van der Waals surface area contributed by atoms with E-state index in [2.05, 4.69) is 22.4 Å². The molecule has 2 aromatic carbocycles. The number of benzene rings is 2. The van der Waals surface area contributed by atoms with E-state index in [1.807, 2.05) is 29.2 Å². The number of fused-ring (bicyclic) bond motifs is 4. The highest BCUT2D eigenvalue weighted by molar-refractivity contribution is 7.17. The zero-order valence-electron chi connectivity index (χ0n) is 18.7. The molecule has 0 spiro atoms. The summed E-state index contributed by atoms with van der Waals surface area (Å²) in [4.78, 5) is 29.8. The third kappa shape index (κ3) is 4.61. The van der Waals surface area contributed by atoms with Crippen molar-refractivity contribution in [2.75, 3.05) is 37.7 Å². The standard InChI is InChI=1S/C26H28N2O4S/c1-2-31-26(30)19-6-5-7-20(14-19)28(22-17-33-24-9-4-3-8-21(22)24)16-25(29)32-23-15-27-12-10-18(23)11-13-27/h3-9,14,17-18,23H,2,10-13,15-16H2,1H3/t23-/m0/s1. The van der Waals surface area contributed by atoms with E-state index < -0.39 is 0 Å². The second-order valence-corrected chi connectivity index (χ2v) is 9.55. The Morgan fingerprint density at radius 1 is 1.12 bits per heavy atom. The zero-order chi connectivity index (χ0) is 22.8. The summed E-state index contributed by atoms with van der Waals surface area (Å²) in [6.45, 7) is 5.22. The van der Waals surface area contributed by atoms with E-state index in [0.717, 1.165) is 53.9 Å². The van der Waals surface area contributed by atoms with Crippen LogP contribution in [0, 0.1) is 5.92 Å². The Morgan fingerprint density at radius 2 is 1.94 bits per heavy atom. The van der Waals surface area contributed by atoms with Crippen LogP contribution < -0.4 is 4.90 Å². The summed E-state index contributed by atoms with van der Waals surface area (Å²) in [5.74, 6) is -0.156. The minimum Gasteiger partial charge on any atom is -0.462 e. The molecule has 6 rings (SSSR count). The number of hydrogen-bond donors (Lipinski definition) is 0. The number of esters is 2. The van der Waals surface area contributed by atoms with Crippen LogP contribution in [0.3, 0.4) is 0 Å². The van der Waals surface area contributed by atoms with E-state index in [1.165, 1.54) is 0 Å². The van der Waals surface area contributed by atoms with Crippen LogP contribution in [0.2, 0.25) is 0 Å². The monoisotopic (exact) mass is 464 g/mol. The van der Waals surface area contributed by atoms with Gasteiger partial charge in [0.25, 0.3) is 0 Å². The highest BCUT2D eigenvalue weighted by Gasteiger charge is 2.36. The molecule has 1 aromatic heterocycles. The average Bonchev–Trinajstić information content (AvgIpc) is 3.27. The molecule has 3 fully saturated rings. The van der Waals surface area contributed by atoms with Crippen molar-refractivity contribution in [3.8, 4) is 0 Å². The van der Waals surface area contributed by atoms with E-state index in [0.29, 0.717) is 18.1 Å². The number of carbonyl (C=O) groups is 2. The van der Waals surface area contributed by atoms with Gasteiger partial charge in [-0.15, -0.1) is 11.3 Å². The lowest BCUT2D eigenvalue weighted by Gasteiger charge is -2.44. The maximum Gasteiger partial charge on any atom is 0.338 e. The van der Waals surface area contributed by atoms with Gasteiger partial charge in [0, 0.05) is 27.7 Å². The van der Waals surface area contributed by atoms with Gasteiger partial charge in [-0.1, -0.05) is 24.3 Å². The summed E-state index contributed by atoms with van der Waals surface area (Å²) in [5, 5.41) is 3.13. The summed E-state index contributed by atoms with van der Waals surface area (Å²) in [5.41, 5.74) is 2.15. The molecular formula is C26H28N2O4S. The van der Waals surface area contributed by atoms with E-state index in [9.17, 15) is 9.59 Å². The Kier molecular flexibility index (Phi) is 6.33. The number of piperidine rings is 3. The highest BCUT2D eigenvalue weighted by atomic mass is 32.1. The molecule has 3 aromatic rings. The lowest BCUT2D eigenvalue weighted by molar-refractivity contribution is -0.156. The lowest BCUT2D eigenvalue weighted by atomic mass is 9.86. The van der Waals surface area contributed by atoms with Gasteiger partial charge in [0.2, 0.25) is 0 Å². The van der Waals surface area contributed by atoms with Crippen molar-refractivity contribution in [1.82, 2.24) is 4.90 Å². The van der Waals surface area contributed by atoms with Crippen LogP contribution in [0.25, 0.3) is 10.1 Å². The third-order valence-electron chi connectivity index (χ3n) is 6.59. The van der Waals surface area contributed by atoms with E-state index in [-0.39, 0.29) is 24.6 Å². The van der Waals surface area contributed by atoms with Crippen molar-refractivity contribution in [1.29, 1.82) is 0 Å². The molecule has 2 bridgehead atoms. The Labute approximate surface area is 197 Å². The smallest absolute Gasteiger partial charge is 0.338 e. The number of hydrogen-bond acceptors (Lipinski definition) is 7. The minimum atomic E-state index is -0.371. The molecule has 3 aliphatic rings. The molecule has 4 heterocycles. The van der Waals surface area contributed by atoms with Gasteiger partial charge in [-0.25, -0.2) is 4.79 Å². The van der Waals surface area contributed by atoms with Crippen LogP contribution in [-0.2, 0) is 14.3 Å². The fraction of sp³-hybridized carbons (Fsp3) is 0.385.